The minimum absolute atomic E-state index is 0.0104. The molecule has 4 rings (SSSR count). The molecule has 6 heteroatoms. The molecule has 2 heterocycles. The van der Waals surface area contributed by atoms with Crippen LogP contribution in [0.15, 0.2) is 34.6 Å². The fraction of sp³-hybridized carbons (Fsp3) is 0.679. The van der Waals surface area contributed by atoms with Crippen LogP contribution in [0.2, 0.25) is 0 Å². The number of allylic oxidation sites excluding steroid dienone is 5. The Bertz CT molecular complexity index is 1020. The second kappa shape index (κ2) is 8.27. The second-order valence-electron chi connectivity index (χ2n) is 11.7. The van der Waals surface area contributed by atoms with Gasteiger partial charge in [-0.25, -0.2) is 0 Å². The van der Waals surface area contributed by atoms with E-state index < -0.39 is 17.1 Å². The third-order valence-electron chi connectivity index (χ3n) is 8.98. The van der Waals surface area contributed by atoms with Crippen LogP contribution in [0, 0.1) is 17.3 Å². The van der Waals surface area contributed by atoms with E-state index in [2.05, 4.69) is 6.92 Å². The van der Waals surface area contributed by atoms with E-state index in [1.165, 1.54) is 6.08 Å². The maximum Gasteiger partial charge on any atom is 0.224 e. The Labute approximate surface area is 202 Å². The van der Waals surface area contributed by atoms with Gasteiger partial charge in [0.05, 0.1) is 17.8 Å². The molecule has 0 bridgehead atoms. The van der Waals surface area contributed by atoms with Gasteiger partial charge in [0.1, 0.15) is 5.60 Å². The Morgan fingerprint density at radius 2 is 1.91 bits per heavy atom. The maximum absolute atomic E-state index is 13.5. The lowest BCUT2D eigenvalue weighted by atomic mass is 9.53. The van der Waals surface area contributed by atoms with Crippen molar-refractivity contribution in [2.75, 3.05) is 0 Å². The predicted molar refractivity (Wildman–Crippen MR) is 128 cm³/mol. The highest BCUT2D eigenvalue weighted by Crippen LogP contribution is 2.59. The minimum atomic E-state index is -0.909. The molecule has 0 radical (unpaired) electrons. The molecular weight excluding hydrogens is 432 g/mol. The van der Waals surface area contributed by atoms with Crippen LogP contribution in [0.1, 0.15) is 80.6 Å². The van der Waals surface area contributed by atoms with Gasteiger partial charge < -0.3 is 14.6 Å². The summed E-state index contributed by atoms with van der Waals surface area (Å²) in [5.41, 5.74) is -0.533. The number of hydrogen-bond donors (Lipinski definition) is 1. The zero-order chi connectivity index (χ0) is 25.2. The number of fused-ring (bicyclic) bond motifs is 3. The average molecular weight is 471 g/mol. The third-order valence-corrected chi connectivity index (χ3v) is 8.98. The standard InChI is InChI=1S/C28H38O6/c1-8-15(2)23(30)16(3)17-13-19(29)18-14-20-27(6)11-9-21(26(4,5)32)33-22(27)10-12-28(20,7)34-25(18)24(17)31/h8,13,16,20-22,32H,9-12,14H2,1-7H3/b15-8+/t16-,20?,21+,22+,27+,28+/m0/s1. The quantitative estimate of drug-likeness (QED) is 0.484. The summed E-state index contributed by atoms with van der Waals surface area (Å²) in [6, 6.07) is 0. The molecule has 6 atom stereocenters. The predicted octanol–water partition coefficient (Wildman–Crippen LogP) is 4.40. The number of aliphatic hydroxyl groups is 1. The van der Waals surface area contributed by atoms with E-state index in [-0.39, 0.29) is 52.2 Å². The number of ketones is 3. The lowest BCUT2D eigenvalue weighted by Gasteiger charge is -2.60. The Hall–Kier alpha value is -2.05. The van der Waals surface area contributed by atoms with E-state index in [0.717, 1.165) is 19.3 Å². The first-order chi connectivity index (χ1) is 15.7. The Kier molecular flexibility index (Phi) is 6.09. The van der Waals surface area contributed by atoms with E-state index in [0.29, 0.717) is 24.0 Å². The van der Waals surface area contributed by atoms with Crippen LogP contribution >= 0.6 is 0 Å². The molecule has 0 aromatic heterocycles. The summed E-state index contributed by atoms with van der Waals surface area (Å²) in [6.45, 7) is 13.0. The Morgan fingerprint density at radius 3 is 2.53 bits per heavy atom. The third kappa shape index (κ3) is 3.83. The van der Waals surface area contributed by atoms with Gasteiger partial charge in [0.15, 0.2) is 17.3 Å². The van der Waals surface area contributed by atoms with Crippen molar-refractivity contribution in [3.05, 3.63) is 34.6 Å². The number of rotatable bonds is 4. The van der Waals surface area contributed by atoms with Crippen LogP contribution in [-0.4, -0.2) is 45.9 Å². The number of Topliss-reactive ketones (excluding diaryl/α,β-unsaturated/α-hetero) is 2. The lowest BCUT2D eigenvalue weighted by molar-refractivity contribution is -0.245. The zero-order valence-electron chi connectivity index (χ0n) is 21.5. The fourth-order valence-electron chi connectivity index (χ4n) is 6.56. The molecule has 4 aliphatic rings. The van der Waals surface area contributed by atoms with Gasteiger partial charge in [-0.2, -0.15) is 0 Å². The molecule has 0 spiro atoms. The Balaban J connectivity index is 1.64. The number of hydrogen-bond acceptors (Lipinski definition) is 6. The van der Waals surface area contributed by atoms with E-state index in [1.807, 2.05) is 6.92 Å². The van der Waals surface area contributed by atoms with Crippen LogP contribution in [0.25, 0.3) is 0 Å². The molecule has 1 saturated carbocycles. The molecule has 2 fully saturated rings. The molecule has 2 aliphatic carbocycles. The minimum Gasteiger partial charge on any atom is -0.483 e. The van der Waals surface area contributed by atoms with Gasteiger partial charge in [0.2, 0.25) is 5.78 Å². The molecule has 1 saturated heterocycles. The first-order valence-corrected chi connectivity index (χ1v) is 12.5. The van der Waals surface area contributed by atoms with Gasteiger partial charge in [-0.3, -0.25) is 14.4 Å². The first-order valence-electron chi connectivity index (χ1n) is 12.5. The summed E-state index contributed by atoms with van der Waals surface area (Å²) in [4.78, 5) is 39.4. The van der Waals surface area contributed by atoms with Gasteiger partial charge in [-0.15, -0.1) is 0 Å². The summed E-state index contributed by atoms with van der Waals surface area (Å²) in [7, 11) is 0. The van der Waals surface area contributed by atoms with Gasteiger partial charge in [0, 0.05) is 28.4 Å². The molecule has 186 valence electrons. The lowest BCUT2D eigenvalue weighted by Crippen LogP contribution is -2.62. The van der Waals surface area contributed by atoms with Gasteiger partial charge in [0.25, 0.3) is 0 Å². The molecule has 1 N–H and O–H groups in total. The van der Waals surface area contributed by atoms with Crippen molar-refractivity contribution in [3.8, 4) is 0 Å². The fourth-order valence-corrected chi connectivity index (χ4v) is 6.56. The maximum atomic E-state index is 13.5. The topological polar surface area (TPSA) is 89.9 Å². The van der Waals surface area contributed by atoms with Crippen molar-refractivity contribution in [2.45, 2.75) is 104 Å². The highest BCUT2D eigenvalue weighted by molar-refractivity contribution is 6.24. The highest BCUT2D eigenvalue weighted by atomic mass is 16.5. The molecular formula is C28H38O6. The van der Waals surface area contributed by atoms with Crippen molar-refractivity contribution in [1.82, 2.24) is 0 Å². The summed E-state index contributed by atoms with van der Waals surface area (Å²) in [6.07, 6.45) is 6.31. The average Bonchev–Trinajstić information content (AvgIpc) is 2.77. The normalized spacial score (nSPS) is 37.2. The number of carbonyl (C=O) groups is 3. The second-order valence-corrected chi connectivity index (χ2v) is 11.7. The van der Waals surface area contributed by atoms with Gasteiger partial charge >= 0.3 is 0 Å². The molecule has 0 aromatic rings. The largest absolute Gasteiger partial charge is 0.483 e. The van der Waals surface area contributed by atoms with E-state index in [9.17, 15) is 19.5 Å². The molecule has 0 amide bonds. The van der Waals surface area contributed by atoms with E-state index in [4.69, 9.17) is 9.47 Å². The molecule has 1 unspecified atom stereocenters. The SMILES string of the molecule is C/C=C(\C)C(=O)[C@@H](C)C1=CC(=O)C2=C(O[C@]3(C)CC[C@H]4O[C@@H](C(C)(C)O)CC[C@]4(C)C3C2)C1=O. The van der Waals surface area contributed by atoms with Crippen molar-refractivity contribution >= 4 is 17.3 Å². The van der Waals surface area contributed by atoms with Crippen LogP contribution in [-0.2, 0) is 23.9 Å². The van der Waals surface area contributed by atoms with Crippen molar-refractivity contribution in [3.63, 3.8) is 0 Å². The van der Waals surface area contributed by atoms with Crippen LogP contribution in [0.5, 0.6) is 0 Å². The van der Waals surface area contributed by atoms with Crippen LogP contribution < -0.4 is 0 Å². The smallest absolute Gasteiger partial charge is 0.224 e. The number of carbonyl (C=O) groups excluding carboxylic acids is 3. The van der Waals surface area contributed by atoms with Gasteiger partial charge in [-0.05, 0) is 78.4 Å². The van der Waals surface area contributed by atoms with Crippen molar-refractivity contribution < 1.29 is 29.0 Å². The van der Waals surface area contributed by atoms with Crippen molar-refractivity contribution in [2.24, 2.45) is 17.3 Å². The van der Waals surface area contributed by atoms with E-state index in [1.54, 1.807) is 40.7 Å². The van der Waals surface area contributed by atoms with Crippen LogP contribution in [0.3, 0.4) is 0 Å². The first kappa shape index (κ1) is 25.1. The molecule has 34 heavy (non-hydrogen) atoms. The summed E-state index contributed by atoms with van der Waals surface area (Å²) >= 11 is 0. The van der Waals surface area contributed by atoms with E-state index >= 15 is 0 Å². The summed E-state index contributed by atoms with van der Waals surface area (Å²) < 4.78 is 12.9. The zero-order valence-corrected chi connectivity index (χ0v) is 21.5. The number of ether oxygens (including phenoxy) is 2. The summed E-state index contributed by atoms with van der Waals surface area (Å²) in [5.74, 6) is -1.29. The molecule has 6 nitrogen and oxygen atoms in total. The molecule has 2 aliphatic heterocycles. The van der Waals surface area contributed by atoms with Crippen molar-refractivity contribution in [1.29, 1.82) is 0 Å². The summed E-state index contributed by atoms with van der Waals surface area (Å²) in [5, 5.41) is 10.5. The highest BCUT2D eigenvalue weighted by Gasteiger charge is 2.61. The monoisotopic (exact) mass is 470 g/mol. The van der Waals surface area contributed by atoms with Gasteiger partial charge in [-0.1, -0.05) is 19.9 Å². The van der Waals surface area contributed by atoms with Crippen LogP contribution in [0.4, 0.5) is 0 Å². The molecule has 0 aromatic carbocycles. The Morgan fingerprint density at radius 1 is 1.24 bits per heavy atom.